The molecule has 1 aromatic heterocycles. The van der Waals surface area contributed by atoms with E-state index in [-0.39, 0.29) is 29.5 Å². The number of aromatic nitrogens is 1. The summed E-state index contributed by atoms with van der Waals surface area (Å²) in [5.74, 6) is 0.206. The Hall–Kier alpha value is -3.76. The Labute approximate surface area is 190 Å². The van der Waals surface area contributed by atoms with Crippen molar-refractivity contribution in [1.82, 2.24) is 9.88 Å². The van der Waals surface area contributed by atoms with Gasteiger partial charge >= 0.3 is 0 Å². The zero-order valence-electron chi connectivity index (χ0n) is 19.0. The minimum Gasteiger partial charge on any atom is -0.496 e. The number of carbonyl (C=O) groups is 1. The topological polar surface area (TPSA) is 113 Å². The van der Waals surface area contributed by atoms with Crippen molar-refractivity contribution in [2.75, 3.05) is 42.0 Å². The molecule has 1 heterocycles. The molecule has 0 spiro atoms. The van der Waals surface area contributed by atoms with E-state index in [1.54, 1.807) is 37.4 Å². The number of para-hydroxylation sites is 1. The van der Waals surface area contributed by atoms with Crippen molar-refractivity contribution in [3.63, 3.8) is 0 Å². The molecule has 0 bridgehead atoms. The number of benzene rings is 2. The third kappa shape index (κ3) is 4.57. The van der Waals surface area contributed by atoms with Crippen LogP contribution in [0.15, 0.2) is 42.6 Å². The van der Waals surface area contributed by atoms with Crippen LogP contribution in [0.3, 0.4) is 0 Å². The Balaban J connectivity index is 2.24. The number of ether oxygens (including phenoxy) is 4. The number of rotatable bonds is 9. The number of amides is 1. The zero-order chi connectivity index (χ0) is 24.1. The van der Waals surface area contributed by atoms with Gasteiger partial charge in [0.2, 0.25) is 0 Å². The molecular formula is C23H25N3O7. The molecule has 10 nitrogen and oxygen atoms in total. The molecule has 0 fully saturated rings. The number of hydrogen-bond acceptors (Lipinski definition) is 8. The molecule has 33 heavy (non-hydrogen) atoms. The Morgan fingerprint density at radius 1 is 1.09 bits per heavy atom. The van der Waals surface area contributed by atoms with E-state index in [4.69, 9.17) is 18.9 Å². The van der Waals surface area contributed by atoms with E-state index in [1.807, 2.05) is 0 Å². The lowest BCUT2D eigenvalue weighted by molar-refractivity contribution is -0.384. The highest BCUT2D eigenvalue weighted by Gasteiger charge is 2.27. The number of pyridine rings is 1. The number of likely N-dealkylation sites (N-methyl/N-ethyl adjacent to an activating group) is 1. The number of fused-ring (bicyclic) bond motifs is 1. The molecule has 0 N–H and O–H groups in total. The fraction of sp³-hybridized carbons (Fsp3) is 0.304. The molecule has 1 amide bonds. The summed E-state index contributed by atoms with van der Waals surface area (Å²) < 4.78 is 21.6. The lowest BCUT2D eigenvalue weighted by Gasteiger charge is -2.24. The van der Waals surface area contributed by atoms with Crippen molar-refractivity contribution in [2.24, 2.45) is 0 Å². The van der Waals surface area contributed by atoms with E-state index in [0.717, 1.165) is 0 Å². The number of carbonyl (C=O) groups excluding carboxylic acids is 1. The normalized spacial score (nSPS) is 11.0. The zero-order valence-corrected chi connectivity index (χ0v) is 19.0. The standard InChI is InChI=1S/C23H25N3O7/c1-25(13-19(31-3)32-4)23(27)16-12-18(30-2)20-15(10-11-24-21(20)22(16)33-5)14-8-6-7-9-17(14)26(28)29/h6-12,19H,13H2,1-5H3. The highest BCUT2D eigenvalue weighted by molar-refractivity contribution is 6.09. The van der Waals surface area contributed by atoms with Crippen LogP contribution in [0, 0.1) is 10.1 Å². The van der Waals surface area contributed by atoms with Crippen LogP contribution < -0.4 is 9.47 Å². The summed E-state index contributed by atoms with van der Waals surface area (Å²) >= 11 is 0. The molecular weight excluding hydrogens is 430 g/mol. The fourth-order valence-corrected chi connectivity index (χ4v) is 3.65. The van der Waals surface area contributed by atoms with Crippen LogP contribution >= 0.6 is 0 Å². The summed E-state index contributed by atoms with van der Waals surface area (Å²) in [6.45, 7) is 0.180. The van der Waals surface area contributed by atoms with Crippen LogP contribution in [0.1, 0.15) is 10.4 Å². The van der Waals surface area contributed by atoms with E-state index in [0.29, 0.717) is 27.8 Å². The Kier molecular flexibility index (Phi) is 7.41. The summed E-state index contributed by atoms with van der Waals surface area (Å²) in [7, 11) is 7.48. The number of methoxy groups -OCH3 is 4. The van der Waals surface area contributed by atoms with Crippen LogP contribution in [-0.4, -0.2) is 69.0 Å². The van der Waals surface area contributed by atoms with Gasteiger partial charge in [-0.1, -0.05) is 12.1 Å². The molecule has 0 saturated heterocycles. The molecule has 174 valence electrons. The molecule has 3 rings (SSSR count). The van der Waals surface area contributed by atoms with Crippen molar-refractivity contribution < 1.29 is 28.7 Å². The lowest BCUT2D eigenvalue weighted by atomic mass is 9.97. The van der Waals surface area contributed by atoms with E-state index < -0.39 is 11.2 Å². The fourth-order valence-electron chi connectivity index (χ4n) is 3.65. The number of nitrogens with zero attached hydrogens (tertiary/aromatic N) is 3. The first-order valence-electron chi connectivity index (χ1n) is 9.96. The first-order chi connectivity index (χ1) is 15.9. The average Bonchev–Trinajstić information content (AvgIpc) is 2.85. The predicted molar refractivity (Wildman–Crippen MR) is 122 cm³/mol. The lowest BCUT2D eigenvalue weighted by Crippen LogP contribution is -2.36. The van der Waals surface area contributed by atoms with Crippen molar-refractivity contribution in [3.8, 4) is 22.6 Å². The third-order valence-electron chi connectivity index (χ3n) is 5.27. The summed E-state index contributed by atoms with van der Waals surface area (Å²) in [5.41, 5.74) is 1.45. The highest BCUT2D eigenvalue weighted by Crippen LogP contribution is 2.43. The van der Waals surface area contributed by atoms with Gasteiger partial charge in [0.25, 0.3) is 11.6 Å². The van der Waals surface area contributed by atoms with E-state index >= 15 is 0 Å². The van der Waals surface area contributed by atoms with Gasteiger partial charge in [0, 0.05) is 39.1 Å². The van der Waals surface area contributed by atoms with E-state index in [2.05, 4.69) is 4.98 Å². The van der Waals surface area contributed by atoms with Crippen LogP contribution in [0.2, 0.25) is 0 Å². The summed E-state index contributed by atoms with van der Waals surface area (Å²) in [6, 6.07) is 9.62. The third-order valence-corrected chi connectivity index (χ3v) is 5.27. The molecule has 0 aliphatic heterocycles. The van der Waals surface area contributed by atoms with Gasteiger partial charge < -0.3 is 23.8 Å². The first-order valence-corrected chi connectivity index (χ1v) is 9.96. The molecule has 10 heteroatoms. The number of nitro groups is 1. The Bertz CT molecular complexity index is 1180. The van der Waals surface area contributed by atoms with Crippen molar-refractivity contribution in [2.45, 2.75) is 6.29 Å². The van der Waals surface area contributed by atoms with Crippen molar-refractivity contribution >= 4 is 22.5 Å². The molecule has 0 aliphatic rings. The molecule has 0 aliphatic carbocycles. The van der Waals surface area contributed by atoms with Gasteiger partial charge in [0.05, 0.1) is 42.2 Å². The summed E-state index contributed by atoms with van der Waals surface area (Å²) in [5, 5.41) is 12.1. The molecule has 0 radical (unpaired) electrons. The molecule has 3 aromatic rings. The Morgan fingerprint density at radius 2 is 1.79 bits per heavy atom. The molecule has 2 aromatic carbocycles. The predicted octanol–water partition coefficient (Wildman–Crippen LogP) is 3.52. The monoisotopic (exact) mass is 455 g/mol. The van der Waals surface area contributed by atoms with Gasteiger partial charge in [-0.05, 0) is 18.2 Å². The maximum absolute atomic E-state index is 13.3. The van der Waals surface area contributed by atoms with Crippen molar-refractivity contribution in [3.05, 3.63) is 58.3 Å². The van der Waals surface area contributed by atoms with Gasteiger partial charge in [-0.15, -0.1) is 0 Å². The maximum Gasteiger partial charge on any atom is 0.277 e. The number of hydrogen-bond donors (Lipinski definition) is 0. The van der Waals surface area contributed by atoms with Crippen molar-refractivity contribution in [1.29, 1.82) is 0 Å². The largest absolute Gasteiger partial charge is 0.496 e. The quantitative estimate of drug-likeness (QED) is 0.274. The van der Waals surface area contributed by atoms with Crippen LogP contribution in [0.5, 0.6) is 11.5 Å². The van der Waals surface area contributed by atoms with Gasteiger partial charge in [0.15, 0.2) is 12.0 Å². The van der Waals surface area contributed by atoms with Crippen LogP contribution in [-0.2, 0) is 9.47 Å². The minimum atomic E-state index is -0.601. The summed E-state index contributed by atoms with van der Waals surface area (Å²) in [4.78, 5) is 30.3. The molecule has 0 atom stereocenters. The second-order valence-corrected chi connectivity index (χ2v) is 7.10. The van der Waals surface area contributed by atoms with Gasteiger partial charge in [-0.25, -0.2) is 0 Å². The van der Waals surface area contributed by atoms with Crippen LogP contribution in [0.25, 0.3) is 22.0 Å². The molecule has 0 saturated carbocycles. The molecule has 0 unspecified atom stereocenters. The summed E-state index contributed by atoms with van der Waals surface area (Å²) in [6.07, 6.45) is 0.913. The second kappa shape index (κ2) is 10.2. The SMILES string of the molecule is COc1c(C(=O)N(C)CC(OC)OC)cc(OC)c2c(-c3ccccc3[N+](=O)[O-])ccnc12. The van der Waals surface area contributed by atoms with E-state index in [9.17, 15) is 14.9 Å². The van der Waals surface area contributed by atoms with Gasteiger partial charge in [-0.2, -0.15) is 0 Å². The van der Waals surface area contributed by atoms with Crippen LogP contribution in [0.4, 0.5) is 5.69 Å². The number of nitro benzene ring substituents is 1. The first kappa shape index (κ1) is 23.9. The minimum absolute atomic E-state index is 0.0592. The van der Waals surface area contributed by atoms with Gasteiger partial charge in [-0.3, -0.25) is 19.9 Å². The Morgan fingerprint density at radius 3 is 2.39 bits per heavy atom. The average molecular weight is 455 g/mol. The maximum atomic E-state index is 13.3. The smallest absolute Gasteiger partial charge is 0.277 e. The highest BCUT2D eigenvalue weighted by atomic mass is 16.7. The van der Waals surface area contributed by atoms with E-state index in [1.165, 1.54) is 45.6 Å². The van der Waals surface area contributed by atoms with Gasteiger partial charge in [0.1, 0.15) is 11.3 Å². The second-order valence-electron chi connectivity index (χ2n) is 7.10.